The molecule has 1 atom stereocenters. The summed E-state index contributed by atoms with van der Waals surface area (Å²) in [4.78, 5) is 24.1. The number of carbonyl (C=O) groups excluding carboxylic acids is 1. The molecule has 0 aliphatic carbocycles. The van der Waals surface area contributed by atoms with Crippen LogP contribution in [0.1, 0.15) is 60.7 Å². The average molecular weight is 408 g/mol. The van der Waals surface area contributed by atoms with Gasteiger partial charge in [0.15, 0.2) is 0 Å². The van der Waals surface area contributed by atoms with E-state index in [4.69, 9.17) is 4.74 Å². The van der Waals surface area contributed by atoms with E-state index >= 15 is 0 Å². The molecule has 1 aliphatic heterocycles. The largest absolute Gasteiger partial charge is 0.497 e. The fourth-order valence-corrected chi connectivity index (χ4v) is 4.47. The Hall–Kier alpha value is -2.96. The molecule has 30 heavy (non-hydrogen) atoms. The molecule has 0 radical (unpaired) electrons. The molecule has 0 spiro atoms. The number of aromatic nitrogens is 4. The van der Waals surface area contributed by atoms with Crippen molar-refractivity contribution < 1.29 is 9.53 Å². The van der Waals surface area contributed by atoms with Crippen molar-refractivity contribution in [2.75, 3.05) is 13.7 Å². The van der Waals surface area contributed by atoms with Crippen LogP contribution in [0.5, 0.6) is 5.75 Å². The highest BCUT2D eigenvalue weighted by Gasteiger charge is 2.27. The molecule has 2 aromatic heterocycles. The molecule has 1 fully saturated rings. The lowest BCUT2D eigenvalue weighted by molar-refractivity contribution is -0.133. The molecule has 0 saturated carbocycles. The van der Waals surface area contributed by atoms with Crippen molar-refractivity contribution in [2.24, 2.45) is 0 Å². The second-order valence-corrected chi connectivity index (χ2v) is 7.96. The van der Waals surface area contributed by atoms with Crippen LogP contribution in [-0.4, -0.2) is 44.0 Å². The third-order valence-corrected chi connectivity index (χ3v) is 6.15. The smallest absolute Gasteiger partial charge is 0.252 e. The van der Waals surface area contributed by atoms with Crippen LogP contribution in [-0.2, 0) is 11.2 Å². The zero-order valence-electron chi connectivity index (χ0n) is 18.0. The summed E-state index contributed by atoms with van der Waals surface area (Å²) >= 11 is 0. The quantitative estimate of drug-likeness (QED) is 0.643. The molecule has 7 nitrogen and oxygen atoms in total. The Labute approximate surface area is 177 Å². The number of ether oxygens (including phenoxy) is 1. The normalized spacial score (nSPS) is 17.2. The van der Waals surface area contributed by atoms with E-state index in [0.29, 0.717) is 18.6 Å². The van der Waals surface area contributed by atoms with Crippen molar-refractivity contribution in [3.63, 3.8) is 0 Å². The van der Waals surface area contributed by atoms with E-state index in [2.05, 4.69) is 32.1 Å². The summed E-state index contributed by atoms with van der Waals surface area (Å²) in [6, 6.07) is 8.27. The number of aryl methyl sites for hydroxylation is 2. The lowest BCUT2D eigenvalue weighted by atomic mass is 9.99. The lowest BCUT2D eigenvalue weighted by Gasteiger charge is -2.31. The van der Waals surface area contributed by atoms with Crippen molar-refractivity contribution in [2.45, 2.75) is 58.4 Å². The van der Waals surface area contributed by atoms with Gasteiger partial charge in [0.25, 0.3) is 5.78 Å². The zero-order valence-corrected chi connectivity index (χ0v) is 18.0. The van der Waals surface area contributed by atoms with E-state index in [9.17, 15) is 4.79 Å². The standard InChI is InChI=1S/C23H29N5O2/c1-16-20(17(2)28-23(26-16)24-15-25-28)12-13-22(29)27-14-6-4-5-7-21(27)18-8-10-19(30-3)11-9-18/h8-11,15,21H,4-7,12-14H2,1-3H3/t21-/m0/s1. The molecular formula is C23H29N5O2. The molecule has 1 amide bonds. The van der Waals surface area contributed by atoms with Gasteiger partial charge < -0.3 is 9.64 Å². The molecule has 3 aromatic rings. The Morgan fingerprint density at radius 3 is 2.73 bits per heavy atom. The minimum atomic E-state index is 0.129. The van der Waals surface area contributed by atoms with Crippen molar-refractivity contribution >= 4 is 11.7 Å². The van der Waals surface area contributed by atoms with Crippen molar-refractivity contribution in [3.05, 3.63) is 53.1 Å². The maximum absolute atomic E-state index is 13.3. The number of methoxy groups -OCH3 is 1. The Morgan fingerprint density at radius 1 is 1.17 bits per heavy atom. The Bertz CT molecular complexity index is 1030. The molecule has 158 valence electrons. The molecular weight excluding hydrogens is 378 g/mol. The number of hydrogen-bond donors (Lipinski definition) is 0. The highest BCUT2D eigenvalue weighted by atomic mass is 16.5. The van der Waals surface area contributed by atoms with Gasteiger partial charge in [0, 0.05) is 24.4 Å². The van der Waals surface area contributed by atoms with Crippen molar-refractivity contribution in [3.8, 4) is 5.75 Å². The van der Waals surface area contributed by atoms with Crippen LogP contribution in [0.25, 0.3) is 5.78 Å². The number of nitrogens with zero attached hydrogens (tertiary/aromatic N) is 5. The number of fused-ring (bicyclic) bond motifs is 1. The first kappa shape index (κ1) is 20.3. The number of rotatable bonds is 5. The van der Waals surface area contributed by atoms with E-state index in [1.54, 1.807) is 11.6 Å². The van der Waals surface area contributed by atoms with Crippen molar-refractivity contribution in [1.82, 2.24) is 24.5 Å². The number of amides is 1. The molecule has 0 N–H and O–H groups in total. The van der Waals surface area contributed by atoms with Gasteiger partial charge in [-0.25, -0.2) is 9.50 Å². The summed E-state index contributed by atoms with van der Waals surface area (Å²) in [5, 5.41) is 4.25. The maximum atomic E-state index is 13.3. The first-order chi connectivity index (χ1) is 14.6. The van der Waals surface area contributed by atoms with E-state index in [0.717, 1.165) is 48.5 Å². The van der Waals surface area contributed by atoms with Crippen LogP contribution in [0, 0.1) is 13.8 Å². The maximum Gasteiger partial charge on any atom is 0.252 e. The lowest BCUT2D eigenvalue weighted by Crippen LogP contribution is -2.35. The molecule has 0 unspecified atom stereocenters. The van der Waals surface area contributed by atoms with Crippen LogP contribution in [0.2, 0.25) is 0 Å². The Morgan fingerprint density at radius 2 is 1.97 bits per heavy atom. The minimum absolute atomic E-state index is 0.129. The van der Waals surface area contributed by atoms with Gasteiger partial charge in [0.1, 0.15) is 12.1 Å². The van der Waals surface area contributed by atoms with E-state index in [1.807, 2.05) is 26.0 Å². The minimum Gasteiger partial charge on any atom is -0.497 e. The predicted octanol–water partition coefficient (Wildman–Crippen LogP) is 3.83. The van der Waals surface area contributed by atoms with Crippen LogP contribution in [0.4, 0.5) is 0 Å². The monoisotopic (exact) mass is 407 g/mol. The summed E-state index contributed by atoms with van der Waals surface area (Å²) in [6.07, 6.45) is 7.01. The topological polar surface area (TPSA) is 72.6 Å². The van der Waals surface area contributed by atoms with Gasteiger partial charge in [0.05, 0.1) is 13.2 Å². The number of likely N-dealkylation sites (tertiary alicyclic amines) is 1. The summed E-state index contributed by atoms with van der Waals surface area (Å²) in [5.41, 5.74) is 4.19. The summed E-state index contributed by atoms with van der Waals surface area (Å²) in [6.45, 7) is 4.81. The predicted molar refractivity (Wildman–Crippen MR) is 114 cm³/mol. The number of carbonyl (C=O) groups is 1. The van der Waals surface area contributed by atoms with Gasteiger partial charge in [-0.05, 0) is 56.4 Å². The fourth-order valence-electron chi connectivity index (χ4n) is 4.47. The van der Waals surface area contributed by atoms with E-state index in [-0.39, 0.29) is 11.9 Å². The van der Waals surface area contributed by atoms with Gasteiger partial charge in [-0.15, -0.1) is 0 Å². The van der Waals surface area contributed by atoms with Crippen LogP contribution < -0.4 is 4.74 Å². The van der Waals surface area contributed by atoms with E-state index in [1.165, 1.54) is 18.3 Å². The van der Waals surface area contributed by atoms with Crippen LogP contribution in [0.3, 0.4) is 0 Å². The summed E-state index contributed by atoms with van der Waals surface area (Å²) < 4.78 is 7.04. The highest BCUT2D eigenvalue weighted by Crippen LogP contribution is 2.32. The third-order valence-electron chi connectivity index (χ3n) is 6.15. The Kier molecular flexibility index (Phi) is 5.97. The fraction of sp³-hybridized carbons (Fsp3) is 0.478. The molecule has 3 heterocycles. The van der Waals surface area contributed by atoms with E-state index < -0.39 is 0 Å². The average Bonchev–Trinajstić information content (AvgIpc) is 3.08. The van der Waals surface area contributed by atoms with Gasteiger partial charge in [-0.1, -0.05) is 25.0 Å². The summed E-state index contributed by atoms with van der Waals surface area (Å²) in [7, 11) is 1.67. The van der Waals surface area contributed by atoms with Gasteiger partial charge >= 0.3 is 0 Å². The first-order valence-corrected chi connectivity index (χ1v) is 10.7. The third kappa shape index (κ3) is 4.01. The molecule has 1 aromatic carbocycles. The number of hydrogen-bond acceptors (Lipinski definition) is 5. The molecule has 1 saturated heterocycles. The van der Waals surface area contributed by atoms with Crippen molar-refractivity contribution in [1.29, 1.82) is 0 Å². The molecule has 0 bridgehead atoms. The van der Waals surface area contributed by atoms with Crippen LogP contribution >= 0.6 is 0 Å². The highest BCUT2D eigenvalue weighted by molar-refractivity contribution is 5.77. The van der Waals surface area contributed by atoms with Gasteiger partial charge in [-0.2, -0.15) is 10.1 Å². The van der Waals surface area contributed by atoms with Gasteiger partial charge in [-0.3, -0.25) is 4.79 Å². The second-order valence-electron chi connectivity index (χ2n) is 7.96. The Balaban J connectivity index is 1.53. The number of benzene rings is 1. The van der Waals surface area contributed by atoms with Crippen LogP contribution in [0.15, 0.2) is 30.6 Å². The second kappa shape index (κ2) is 8.81. The summed E-state index contributed by atoms with van der Waals surface area (Å²) in [5.74, 6) is 1.65. The SMILES string of the molecule is COc1ccc([C@@H]2CCCCCN2C(=O)CCc2c(C)nc3ncnn3c2C)cc1. The molecule has 7 heteroatoms. The zero-order chi connectivity index (χ0) is 21.1. The molecule has 1 aliphatic rings. The molecule has 4 rings (SSSR count). The first-order valence-electron chi connectivity index (χ1n) is 10.7. The van der Waals surface area contributed by atoms with Gasteiger partial charge in [0.2, 0.25) is 5.91 Å².